The monoisotopic (exact) mass is 271 g/mol. The second kappa shape index (κ2) is 5.21. The second-order valence-corrected chi connectivity index (χ2v) is 4.33. The third-order valence-electron chi connectivity index (χ3n) is 3.12. The predicted molar refractivity (Wildman–Crippen MR) is 76.8 cm³/mol. The Bertz CT molecular complexity index is 722. The van der Waals surface area contributed by atoms with E-state index in [2.05, 4.69) is 10.3 Å². The lowest BCUT2D eigenvalue weighted by Crippen LogP contribution is -1.89. The maximum atomic E-state index is 12.1. The molecule has 5 heteroatoms. The van der Waals surface area contributed by atoms with Crippen LogP contribution in [0.5, 0.6) is 5.75 Å². The number of anilines is 1. The Kier molecular flexibility index (Phi) is 3.25. The molecule has 0 bridgehead atoms. The molecule has 0 atom stereocenters. The highest BCUT2D eigenvalue weighted by Gasteiger charge is 2.05. The van der Waals surface area contributed by atoms with Crippen molar-refractivity contribution in [3.63, 3.8) is 0 Å². The highest BCUT2D eigenvalue weighted by Crippen LogP contribution is 2.23. The van der Waals surface area contributed by atoms with E-state index in [0.717, 1.165) is 22.6 Å². The summed E-state index contributed by atoms with van der Waals surface area (Å²) in [6.45, 7) is -0.819. The molecule has 20 heavy (non-hydrogen) atoms. The fraction of sp³-hybridized carbons (Fsp3) is 0.133. The van der Waals surface area contributed by atoms with Crippen LogP contribution in [-0.2, 0) is 0 Å². The molecule has 0 spiro atoms. The van der Waals surface area contributed by atoms with Gasteiger partial charge in [0.05, 0.1) is 5.69 Å². The number of alkyl halides is 1. The Hall–Kier alpha value is -2.56. The standard InChI is InChI=1S/C15H14FN3O/c1-17-12-6-7-19-9-14(18-15(19)8-12)11-2-4-13(5-3-11)20-10-16/h2-9,17H,10H2,1H3. The molecule has 2 heterocycles. The van der Waals surface area contributed by atoms with Crippen LogP contribution in [0.15, 0.2) is 48.8 Å². The topological polar surface area (TPSA) is 38.6 Å². The molecular formula is C15H14FN3O. The van der Waals surface area contributed by atoms with Crippen molar-refractivity contribution in [3.8, 4) is 17.0 Å². The average Bonchev–Trinajstić information content (AvgIpc) is 2.91. The number of nitrogens with one attached hydrogen (secondary N) is 1. The zero-order valence-electron chi connectivity index (χ0n) is 11.0. The van der Waals surface area contributed by atoms with Gasteiger partial charge in [0.15, 0.2) is 0 Å². The first-order chi connectivity index (χ1) is 9.80. The number of rotatable bonds is 4. The van der Waals surface area contributed by atoms with Gasteiger partial charge in [-0.05, 0) is 30.3 Å². The molecule has 0 aliphatic heterocycles. The first-order valence-electron chi connectivity index (χ1n) is 6.26. The second-order valence-electron chi connectivity index (χ2n) is 4.33. The number of aromatic nitrogens is 2. The summed E-state index contributed by atoms with van der Waals surface area (Å²) in [5.41, 5.74) is 3.72. The van der Waals surface area contributed by atoms with E-state index < -0.39 is 6.86 Å². The largest absolute Gasteiger partial charge is 0.463 e. The van der Waals surface area contributed by atoms with Gasteiger partial charge in [0.25, 0.3) is 0 Å². The molecule has 0 saturated heterocycles. The molecule has 0 fully saturated rings. The maximum Gasteiger partial charge on any atom is 0.228 e. The van der Waals surface area contributed by atoms with Crippen molar-refractivity contribution in [2.45, 2.75) is 0 Å². The van der Waals surface area contributed by atoms with E-state index in [-0.39, 0.29) is 0 Å². The molecule has 1 N–H and O–H groups in total. The quantitative estimate of drug-likeness (QED) is 0.791. The Morgan fingerprint density at radius 1 is 1.25 bits per heavy atom. The van der Waals surface area contributed by atoms with Crippen molar-refractivity contribution >= 4 is 11.3 Å². The average molecular weight is 271 g/mol. The van der Waals surface area contributed by atoms with Crippen LogP contribution in [0, 0.1) is 0 Å². The number of hydrogen-bond donors (Lipinski definition) is 1. The molecule has 3 aromatic rings. The fourth-order valence-corrected chi connectivity index (χ4v) is 2.06. The molecule has 0 amide bonds. The Morgan fingerprint density at radius 2 is 2.05 bits per heavy atom. The van der Waals surface area contributed by atoms with Gasteiger partial charge in [-0.3, -0.25) is 0 Å². The van der Waals surface area contributed by atoms with Gasteiger partial charge in [-0.15, -0.1) is 0 Å². The molecule has 2 aromatic heterocycles. The number of halogens is 1. The van der Waals surface area contributed by atoms with Crippen LogP contribution in [0.4, 0.5) is 10.1 Å². The molecule has 1 aromatic carbocycles. The van der Waals surface area contributed by atoms with Crippen LogP contribution in [-0.4, -0.2) is 23.3 Å². The molecule has 0 radical (unpaired) electrons. The number of ether oxygens (including phenoxy) is 1. The molecule has 0 aliphatic carbocycles. The zero-order chi connectivity index (χ0) is 13.9. The molecule has 4 nitrogen and oxygen atoms in total. The summed E-state index contributed by atoms with van der Waals surface area (Å²) in [6.07, 6.45) is 3.91. The van der Waals surface area contributed by atoms with E-state index in [0.29, 0.717) is 5.75 Å². The van der Waals surface area contributed by atoms with Crippen LogP contribution in [0.25, 0.3) is 16.9 Å². The fourth-order valence-electron chi connectivity index (χ4n) is 2.06. The van der Waals surface area contributed by atoms with E-state index in [1.54, 1.807) is 12.1 Å². The highest BCUT2D eigenvalue weighted by atomic mass is 19.1. The highest BCUT2D eigenvalue weighted by molar-refractivity contribution is 5.65. The number of nitrogens with zero attached hydrogens (tertiary/aromatic N) is 2. The van der Waals surface area contributed by atoms with Crippen molar-refractivity contribution in [2.24, 2.45) is 0 Å². The van der Waals surface area contributed by atoms with Gasteiger partial charge in [0.1, 0.15) is 11.4 Å². The van der Waals surface area contributed by atoms with Crippen LogP contribution in [0.2, 0.25) is 0 Å². The van der Waals surface area contributed by atoms with Gasteiger partial charge in [-0.25, -0.2) is 9.37 Å². The number of hydrogen-bond acceptors (Lipinski definition) is 3. The molecule has 0 aliphatic rings. The minimum absolute atomic E-state index is 0.512. The molecule has 0 unspecified atom stereocenters. The summed E-state index contributed by atoms with van der Waals surface area (Å²) in [6, 6.07) is 11.2. The normalized spacial score (nSPS) is 10.7. The van der Waals surface area contributed by atoms with Crippen molar-refractivity contribution in [1.82, 2.24) is 9.38 Å². The summed E-state index contributed by atoms with van der Waals surface area (Å²) in [4.78, 5) is 4.58. The predicted octanol–water partition coefficient (Wildman–Crippen LogP) is 3.35. The van der Waals surface area contributed by atoms with Gasteiger partial charge in [0, 0.05) is 36.8 Å². The number of pyridine rings is 1. The Balaban J connectivity index is 1.96. The van der Waals surface area contributed by atoms with Gasteiger partial charge >= 0.3 is 0 Å². The lowest BCUT2D eigenvalue weighted by molar-refractivity contribution is 0.192. The smallest absolute Gasteiger partial charge is 0.228 e. The van der Waals surface area contributed by atoms with Crippen LogP contribution < -0.4 is 10.1 Å². The first kappa shape index (κ1) is 12.5. The molecule has 0 saturated carbocycles. The van der Waals surface area contributed by atoms with E-state index in [1.807, 2.05) is 48.1 Å². The van der Waals surface area contributed by atoms with Gasteiger partial charge in [0.2, 0.25) is 6.86 Å². The van der Waals surface area contributed by atoms with E-state index in [1.165, 1.54) is 0 Å². The zero-order valence-corrected chi connectivity index (χ0v) is 11.0. The van der Waals surface area contributed by atoms with E-state index >= 15 is 0 Å². The van der Waals surface area contributed by atoms with Crippen molar-refractivity contribution in [1.29, 1.82) is 0 Å². The van der Waals surface area contributed by atoms with Gasteiger partial charge in [-0.2, -0.15) is 0 Å². The van der Waals surface area contributed by atoms with Crippen molar-refractivity contribution in [3.05, 3.63) is 48.8 Å². The van der Waals surface area contributed by atoms with Crippen molar-refractivity contribution in [2.75, 3.05) is 19.2 Å². The molecule has 3 rings (SSSR count). The SMILES string of the molecule is CNc1ccn2cc(-c3ccc(OCF)cc3)nc2c1. The van der Waals surface area contributed by atoms with Gasteiger partial charge in [-0.1, -0.05) is 0 Å². The summed E-state index contributed by atoms with van der Waals surface area (Å²) >= 11 is 0. The van der Waals surface area contributed by atoms with Crippen LogP contribution in [0.3, 0.4) is 0 Å². The third-order valence-corrected chi connectivity index (χ3v) is 3.12. The lowest BCUT2D eigenvalue weighted by atomic mass is 10.2. The maximum absolute atomic E-state index is 12.1. The van der Waals surface area contributed by atoms with E-state index in [4.69, 9.17) is 4.74 Å². The lowest BCUT2D eigenvalue weighted by Gasteiger charge is -2.01. The number of imidazole rings is 1. The summed E-state index contributed by atoms with van der Waals surface area (Å²) in [7, 11) is 1.87. The van der Waals surface area contributed by atoms with Crippen LogP contribution >= 0.6 is 0 Å². The summed E-state index contributed by atoms with van der Waals surface area (Å²) in [5, 5.41) is 3.08. The minimum Gasteiger partial charge on any atom is -0.463 e. The third kappa shape index (κ3) is 2.30. The van der Waals surface area contributed by atoms with Crippen molar-refractivity contribution < 1.29 is 9.13 Å². The summed E-state index contributed by atoms with van der Waals surface area (Å²) < 4.78 is 18.8. The molecular weight excluding hydrogens is 257 g/mol. The molecule has 102 valence electrons. The minimum atomic E-state index is -0.819. The Morgan fingerprint density at radius 3 is 2.75 bits per heavy atom. The first-order valence-corrected chi connectivity index (χ1v) is 6.26. The van der Waals surface area contributed by atoms with Crippen LogP contribution in [0.1, 0.15) is 0 Å². The number of fused-ring (bicyclic) bond motifs is 1. The van der Waals surface area contributed by atoms with E-state index in [9.17, 15) is 4.39 Å². The van der Waals surface area contributed by atoms with Gasteiger partial charge < -0.3 is 14.5 Å². The Labute approximate surface area is 115 Å². The number of benzene rings is 1. The summed E-state index contributed by atoms with van der Waals surface area (Å²) in [5.74, 6) is 0.512.